The van der Waals surface area contributed by atoms with E-state index in [-0.39, 0.29) is 5.12 Å². The molecule has 0 spiro atoms. The molecule has 0 aromatic carbocycles. The minimum absolute atomic E-state index is 0.00544. The SMILES string of the molecule is O=C(S)CCCCCCS. The van der Waals surface area contributed by atoms with Crippen LogP contribution in [0, 0.1) is 0 Å². The lowest BCUT2D eigenvalue weighted by Gasteiger charge is -1.95. The Morgan fingerprint density at radius 2 is 1.70 bits per heavy atom. The molecule has 0 N–H and O–H groups in total. The predicted octanol–water partition coefficient (Wildman–Crippen LogP) is 2.32. The fraction of sp³-hybridized carbons (Fsp3) is 0.857. The average Bonchev–Trinajstić information content (AvgIpc) is 1.87. The Hall–Kier alpha value is 0.370. The van der Waals surface area contributed by atoms with Crippen molar-refractivity contribution >= 4 is 30.4 Å². The second kappa shape index (κ2) is 7.48. The van der Waals surface area contributed by atoms with Gasteiger partial charge in [-0.05, 0) is 18.6 Å². The van der Waals surface area contributed by atoms with Crippen molar-refractivity contribution in [1.82, 2.24) is 0 Å². The van der Waals surface area contributed by atoms with Gasteiger partial charge < -0.3 is 0 Å². The van der Waals surface area contributed by atoms with Gasteiger partial charge in [-0.2, -0.15) is 12.6 Å². The summed E-state index contributed by atoms with van der Waals surface area (Å²) in [6, 6.07) is 0. The summed E-state index contributed by atoms with van der Waals surface area (Å²) in [6.07, 6.45) is 5.08. The maximum Gasteiger partial charge on any atom is 0.185 e. The summed E-state index contributed by atoms with van der Waals surface area (Å²) in [5, 5.41) is 0.00544. The second-order valence-electron chi connectivity index (χ2n) is 2.28. The van der Waals surface area contributed by atoms with Gasteiger partial charge in [0.05, 0.1) is 0 Å². The number of unbranched alkanes of at least 4 members (excludes halogenated alkanes) is 3. The maximum absolute atomic E-state index is 10.3. The standard InChI is InChI=1S/C7H14OS2/c8-7(10)5-3-1-2-4-6-9/h9H,1-6H2,(H,8,10). The van der Waals surface area contributed by atoms with E-state index in [1.54, 1.807) is 0 Å². The van der Waals surface area contributed by atoms with Crippen molar-refractivity contribution in [3.05, 3.63) is 0 Å². The molecule has 0 aliphatic heterocycles. The molecule has 0 saturated heterocycles. The van der Waals surface area contributed by atoms with Gasteiger partial charge >= 0.3 is 0 Å². The number of carbonyl (C=O) groups excluding carboxylic acids is 1. The van der Waals surface area contributed by atoms with Crippen LogP contribution in [0.4, 0.5) is 0 Å². The molecule has 0 saturated carbocycles. The molecule has 0 fully saturated rings. The van der Waals surface area contributed by atoms with Crippen molar-refractivity contribution in [2.75, 3.05) is 5.75 Å². The van der Waals surface area contributed by atoms with E-state index in [1.807, 2.05) is 0 Å². The van der Waals surface area contributed by atoms with Gasteiger partial charge in [0.1, 0.15) is 0 Å². The number of hydrogen-bond donors (Lipinski definition) is 2. The molecule has 0 amide bonds. The predicted molar refractivity (Wildman–Crippen MR) is 50.9 cm³/mol. The van der Waals surface area contributed by atoms with Crippen LogP contribution in [0.3, 0.4) is 0 Å². The van der Waals surface area contributed by atoms with Crippen molar-refractivity contribution in [1.29, 1.82) is 0 Å². The Bertz CT molecular complexity index is 93.6. The summed E-state index contributed by atoms with van der Waals surface area (Å²) in [5.74, 6) is 0.953. The molecule has 0 radical (unpaired) electrons. The molecule has 0 aromatic heterocycles. The molecular weight excluding hydrogens is 164 g/mol. The largest absolute Gasteiger partial charge is 0.288 e. The Morgan fingerprint density at radius 1 is 1.10 bits per heavy atom. The van der Waals surface area contributed by atoms with Gasteiger partial charge in [-0.25, -0.2) is 0 Å². The van der Waals surface area contributed by atoms with E-state index in [0.717, 1.165) is 25.0 Å². The Labute approximate surface area is 73.4 Å². The van der Waals surface area contributed by atoms with Crippen molar-refractivity contribution in [2.45, 2.75) is 32.1 Å². The van der Waals surface area contributed by atoms with Crippen LogP contribution < -0.4 is 0 Å². The Morgan fingerprint density at radius 3 is 2.20 bits per heavy atom. The third kappa shape index (κ3) is 8.37. The smallest absolute Gasteiger partial charge is 0.185 e. The van der Waals surface area contributed by atoms with Crippen LogP contribution in [0.2, 0.25) is 0 Å². The van der Waals surface area contributed by atoms with Gasteiger partial charge in [0.2, 0.25) is 0 Å². The van der Waals surface area contributed by atoms with E-state index in [4.69, 9.17) is 0 Å². The summed E-state index contributed by atoms with van der Waals surface area (Å²) in [6.45, 7) is 0. The highest BCUT2D eigenvalue weighted by Crippen LogP contribution is 2.04. The lowest BCUT2D eigenvalue weighted by atomic mass is 10.2. The average molecular weight is 178 g/mol. The van der Waals surface area contributed by atoms with Gasteiger partial charge in [-0.15, -0.1) is 12.6 Å². The van der Waals surface area contributed by atoms with E-state index >= 15 is 0 Å². The third-order valence-electron chi connectivity index (χ3n) is 1.30. The summed E-state index contributed by atoms with van der Waals surface area (Å²) in [4.78, 5) is 10.3. The van der Waals surface area contributed by atoms with Crippen molar-refractivity contribution in [2.24, 2.45) is 0 Å². The molecule has 1 nitrogen and oxygen atoms in total. The van der Waals surface area contributed by atoms with Crippen LogP contribution in [0.5, 0.6) is 0 Å². The fourth-order valence-corrected chi connectivity index (χ4v) is 1.12. The van der Waals surface area contributed by atoms with E-state index in [9.17, 15) is 4.79 Å². The van der Waals surface area contributed by atoms with Crippen molar-refractivity contribution < 1.29 is 4.79 Å². The zero-order chi connectivity index (χ0) is 7.82. The van der Waals surface area contributed by atoms with Crippen molar-refractivity contribution in [3.63, 3.8) is 0 Å². The van der Waals surface area contributed by atoms with E-state index in [1.165, 1.54) is 6.42 Å². The summed E-state index contributed by atoms with van der Waals surface area (Å²) in [7, 11) is 0. The van der Waals surface area contributed by atoms with Crippen LogP contribution >= 0.6 is 25.3 Å². The van der Waals surface area contributed by atoms with Gasteiger partial charge in [0, 0.05) is 6.42 Å². The third-order valence-corrected chi connectivity index (χ3v) is 1.84. The van der Waals surface area contributed by atoms with Gasteiger partial charge in [-0.3, -0.25) is 4.79 Å². The molecule has 0 aliphatic carbocycles. The van der Waals surface area contributed by atoms with Crippen LogP contribution in [0.1, 0.15) is 32.1 Å². The molecule has 60 valence electrons. The van der Waals surface area contributed by atoms with Gasteiger partial charge in [0.25, 0.3) is 0 Å². The van der Waals surface area contributed by atoms with Crippen LogP contribution in [0.25, 0.3) is 0 Å². The molecule has 0 aliphatic rings. The van der Waals surface area contributed by atoms with Crippen LogP contribution in [-0.4, -0.2) is 10.9 Å². The second-order valence-corrected chi connectivity index (χ2v) is 3.23. The fourth-order valence-electron chi connectivity index (χ4n) is 0.742. The Kier molecular flexibility index (Phi) is 7.75. The molecule has 0 bridgehead atoms. The molecule has 10 heavy (non-hydrogen) atoms. The first-order valence-corrected chi connectivity index (χ1v) is 4.68. The number of hydrogen-bond acceptors (Lipinski definition) is 2. The molecule has 3 heteroatoms. The molecule has 0 unspecified atom stereocenters. The summed E-state index contributed by atoms with van der Waals surface area (Å²) >= 11 is 7.75. The molecule has 0 aromatic rings. The Balaban J connectivity index is 2.84. The van der Waals surface area contributed by atoms with E-state index in [2.05, 4.69) is 25.3 Å². The van der Waals surface area contributed by atoms with Gasteiger partial charge in [-0.1, -0.05) is 12.8 Å². The quantitative estimate of drug-likeness (QED) is 0.471. The lowest BCUT2D eigenvalue weighted by Crippen LogP contribution is -1.86. The first kappa shape index (κ1) is 10.4. The van der Waals surface area contributed by atoms with E-state index < -0.39 is 0 Å². The highest BCUT2D eigenvalue weighted by atomic mass is 32.1. The zero-order valence-electron chi connectivity index (χ0n) is 6.05. The van der Waals surface area contributed by atoms with Crippen LogP contribution in [-0.2, 0) is 4.79 Å². The maximum atomic E-state index is 10.3. The first-order chi connectivity index (χ1) is 4.77. The van der Waals surface area contributed by atoms with E-state index in [0.29, 0.717) is 6.42 Å². The molecule has 0 rings (SSSR count). The zero-order valence-corrected chi connectivity index (χ0v) is 7.83. The number of rotatable bonds is 6. The summed E-state index contributed by atoms with van der Waals surface area (Å²) in [5.41, 5.74) is 0. The van der Waals surface area contributed by atoms with Crippen molar-refractivity contribution in [3.8, 4) is 0 Å². The highest BCUT2D eigenvalue weighted by Gasteiger charge is 1.93. The normalized spacial score (nSPS) is 9.80. The minimum Gasteiger partial charge on any atom is -0.288 e. The number of thiol groups is 2. The first-order valence-electron chi connectivity index (χ1n) is 3.60. The summed E-state index contributed by atoms with van der Waals surface area (Å²) < 4.78 is 0. The highest BCUT2D eigenvalue weighted by molar-refractivity contribution is 7.96. The van der Waals surface area contributed by atoms with Crippen LogP contribution in [0.15, 0.2) is 0 Å². The van der Waals surface area contributed by atoms with Gasteiger partial charge in [0.15, 0.2) is 5.12 Å². The lowest BCUT2D eigenvalue weighted by molar-refractivity contribution is -0.110. The molecular formula is C7H14OS2. The minimum atomic E-state index is 0.00544. The molecule has 0 heterocycles. The number of carbonyl (C=O) groups is 1. The topological polar surface area (TPSA) is 17.1 Å². The monoisotopic (exact) mass is 178 g/mol. The molecule has 0 atom stereocenters.